The molecule has 4 aromatic rings. The van der Waals surface area contributed by atoms with Crippen LogP contribution in [0.15, 0.2) is 77.3 Å². The van der Waals surface area contributed by atoms with E-state index in [1.54, 1.807) is 18.3 Å². The van der Waals surface area contributed by atoms with Crippen molar-refractivity contribution >= 4 is 28.5 Å². The second-order valence-corrected chi connectivity index (χ2v) is 8.81. The molecule has 8 heteroatoms. The van der Waals surface area contributed by atoms with Crippen LogP contribution in [0.25, 0.3) is 22.4 Å². The highest BCUT2D eigenvalue weighted by Gasteiger charge is 2.15. The minimum Gasteiger partial charge on any atom is -0.490 e. The van der Waals surface area contributed by atoms with Gasteiger partial charge in [-0.1, -0.05) is 32.0 Å². The smallest absolute Gasteiger partial charge is 0.305 e. The first-order valence-electron chi connectivity index (χ1n) is 11.8. The van der Waals surface area contributed by atoms with Crippen LogP contribution in [0.2, 0.25) is 0 Å². The molecule has 1 atom stereocenters. The van der Waals surface area contributed by atoms with Crippen molar-refractivity contribution in [2.75, 3.05) is 18.5 Å². The summed E-state index contributed by atoms with van der Waals surface area (Å²) in [5, 5.41) is 15.8. The highest BCUT2D eigenvalue weighted by molar-refractivity contribution is 5.94. The Labute approximate surface area is 209 Å². The van der Waals surface area contributed by atoms with Crippen LogP contribution in [0.4, 0.5) is 5.69 Å². The number of ether oxygens (including phenoxy) is 1. The SMILES string of the molecule is CC(C)[C@@H](COc1ccc(-c2cc3ccccc3o2)nc1)Nc1ccc(C(=O)NCCC(=O)O)cc1. The number of carbonyl (C=O) groups is 2. The number of nitrogens with one attached hydrogen (secondary N) is 2. The highest BCUT2D eigenvalue weighted by atomic mass is 16.5. The van der Waals surface area contributed by atoms with Crippen LogP contribution in [-0.4, -0.2) is 41.2 Å². The number of hydrogen-bond acceptors (Lipinski definition) is 6. The summed E-state index contributed by atoms with van der Waals surface area (Å²) in [6.07, 6.45) is 1.58. The van der Waals surface area contributed by atoms with Crippen molar-refractivity contribution in [1.82, 2.24) is 10.3 Å². The fourth-order valence-corrected chi connectivity index (χ4v) is 3.62. The minimum absolute atomic E-state index is 0.0234. The molecule has 0 saturated carbocycles. The lowest BCUT2D eigenvalue weighted by Crippen LogP contribution is -2.32. The molecular weight excluding hydrogens is 458 g/mol. The van der Waals surface area contributed by atoms with E-state index in [1.165, 1.54) is 0 Å². The Hall–Kier alpha value is -4.33. The normalized spacial score (nSPS) is 11.9. The molecule has 0 unspecified atom stereocenters. The molecule has 36 heavy (non-hydrogen) atoms. The van der Waals surface area contributed by atoms with Crippen molar-refractivity contribution < 1.29 is 23.8 Å². The summed E-state index contributed by atoms with van der Waals surface area (Å²) in [6, 6.07) is 20.7. The molecule has 0 spiro atoms. The number of nitrogens with zero attached hydrogens (tertiary/aromatic N) is 1. The van der Waals surface area contributed by atoms with E-state index in [0.29, 0.717) is 23.7 Å². The molecule has 8 nitrogen and oxygen atoms in total. The van der Waals surface area contributed by atoms with Gasteiger partial charge in [0.2, 0.25) is 0 Å². The number of aliphatic carboxylic acids is 1. The predicted octanol–water partition coefficient (Wildman–Crippen LogP) is 5.21. The number of carboxylic acid groups (broad SMARTS) is 1. The number of hydrogen-bond donors (Lipinski definition) is 3. The molecule has 0 aliphatic heterocycles. The Bertz CT molecular complexity index is 1280. The lowest BCUT2D eigenvalue weighted by molar-refractivity contribution is -0.136. The summed E-state index contributed by atoms with van der Waals surface area (Å²) in [6.45, 7) is 4.73. The fraction of sp³-hybridized carbons (Fsp3) is 0.250. The summed E-state index contributed by atoms with van der Waals surface area (Å²) < 4.78 is 11.9. The van der Waals surface area contributed by atoms with Crippen LogP contribution in [0.5, 0.6) is 5.75 Å². The lowest BCUT2D eigenvalue weighted by atomic mass is 10.0. The molecule has 0 saturated heterocycles. The van der Waals surface area contributed by atoms with Crippen molar-refractivity contribution in [3.8, 4) is 17.2 Å². The summed E-state index contributed by atoms with van der Waals surface area (Å²) in [4.78, 5) is 27.2. The van der Waals surface area contributed by atoms with Crippen molar-refractivity contribution in [2.24, 2.45) is 5.92 Å². The van der Waals surface area contributed by atoms with Crippen molar-refractivity contribution in [3.05, 3.63) is 78.5 Å². The molecule has 0 fully saturated rings. The molecule has 186 valence electrons. The topological polar surface area (TPSA) is 114 Å². The largest absolute Gasteiger partial charge is 0.490 e. The first kappa shape index (κ1) is 24.8. The van der Waals surface area contributed by atoms with E-state index in [2.05, 4.69) is 29.5 Å². The van der Waals surface area contributed by atoms with Gasteiger partial charge in [-0.15, -0.1) is 0 Å². The van der Waals surface area contributed by atoms with E-state index in [0.717, 1.165) is 22.4 Å². The monoisotopic (exact) mass is 487 g/mol. The average Bonchev–Trinajstić information content (AvgIpc) is 3.31. The molecular formula is C28H29N3O5. The van der Waals surface area contributed by atoms with Crippen molar-refractivity contribution in [2.45, 2.75) is 26.3 Å². The maximum atomic E-state index is 12.1. The number of anilines is 1. The number of pyridine rings is 1. The average molecular weight is 488 g/mol. The summed E-state index contributed by atoms with van der Waals surface area (Å²) in [5.41, 5.74) is 2.90. The Morgan fingerprint density at radius 1 is 1.06 bits per heavy atom. The van der Waals surface area contributed by atoms with Gasteiger partial charge in [-0.25, -0.2) is 4.98 Å². The quantitative estimate of drug-likeness (QED) is 0.266. The third-order valence-corrected chi connectivity index (χ3v) is 5.77. The molecule has 2 aromatic carbocycles. The lowest BCUT2D eigenvalue weighted by Gasteiger charge is -2.24. The third kappa shape index (κ3) is 6.41. The van der Waals surface area contributed by atoms with Crippen LogP contribution in [0.3, 0.4) is 0 Å². The number of amides is 1. The Morgan fingerprint density at radius 2 is 1.83 bits per heavy atom. The van der Waals surface area contributed by atoms with Gasteiger partial charge in [-0.2, -0.15) is 0 Å². The van der Waals surface area contributed by atoms with Crippen LogP contribution in [0.1, 0.15) is 30.6 Å². The third-order valence-electron chi connectivity index (χ3n) is 5.77. The van der Waals surface area contributed by atoms with E-state index in [1.807, 2.05) is 54.6 Å². The van der Waals surface area contributed by atoms with Crippen LogP contribution in [0, 0.1) is 5.92 Å². The van der Waals surface area contributed by atoms with E-state index in [4.69, 9.17) is 14.3 Å². The van der Waals surface area contributed by atoms with Gasteiger partial charge < -0.3 is 24.9 Å². The van der Waals surface area contributed by atoms with Crippen molar-refractivity contribution in [1.29, 1.82) is 0 Å². The van der Waals surface area contributed by atoms with E-state index in [9.17, 15) is 9.59 Å². The first-order chi connectivity index (χ1) is 17.4. The van der Waals surface area contributed by atoms with Crippen LogP contribution in [-0.2, 0) is 4.79 Å². The zero-order chi connectivity index (χ0) is 25.5. The van der Waals surface area contributed by atoms with Gasteiger partial charge in [0.1, 0.15) is 23.6 Å². The molecule has 4 rings (SSSR count). The number of carboxylic acids is 1. The maximum absolute atomic E-state index is 12.1. The number of furan rings is 1. The van der Waals surface area contributed by atoms with Gasteiger partial charge in [0.15, 0.2) is 5.76 Å². The van der Waals surface area contributed by atoms with Gasteiger partial charge in [0.05, 0.1) is 18.7 Å². The zero-order valence-corrected chi connectivity index (χ0v) is 20.2. The van der Waals surface area contributed by atoms with Crippen LogP contribution >= 0.6 is 0 Å². The van der Waals surface area contributed by atoms with Gasteiger partial charge >= 0.3 is 5.97 Å². The summed E-state index contributed by atoms with van der Waals surface area (Å²) in [7, 11) is 0. The van der Waals surface area contributed by atoms with Gasteiger partial charge in [0, 0.05) is 23.2 Å². The van der Waals surface area contributed by atoms with Crippen LogP contribution < -0.4 is 15.4 Å². The standard InChI is InChI=1S/C28H29N3O5/c1-18(2)24(31-21-9-7-19(8-10-21)28(34)29-14-13-27(32)33)17-35-22-11-12-23(30-16-22)26-15-20-5-3-4-6-25(20)36-26/h3-12,15-16,18,24,31H,13-14,17H2,1-2H3,(H,29,34)(H,32,33)/t24-/m1/s1. The second-order valence-electron chi connectivity index (χ2n) is 8.81. The Balaban J connectivity index is 1.32. The molecule has 0 bridgehead atoms. The molecule has 2 heterocycles. The fourth-order valence-electron chi connectivity index (χ4n) is 3.62. The number of aromatic nitrogens is 1. The molecule has 0 aliphatic carbocycles. The number of carbonyl (C=O) groups excluding carboxylic acids is 1. The molecule has 0 radical (unpaired) electrons. The molecule has 1 amide bonds. The number of para-hydroxylation sites is 1. The van der Waals surface area contributed by atoms with E-state index in [-0.39, 0.29) is 30.8 Å². The van der Waals surface area contributed by atoms with E-state index < -0.39 is 5.97 Å². The number of fused-ring (bicyclic) bond motifs is 1. The summed E-state index contributed by atoms with van der Waals surface area (Å²) >= 11 is 0. The van der Waals surface area contributed by atoms with Gasteiger partial charge in [0.25, 0.3) is 5.91 Å². The molecule has 0 aliphatic rings. The predicted molar refractivity (Wildman–Crippen MR) is 138 cm³/mol. The van der Waals surface area contributed by atoms with Gasteiger partial charge in [-0.05, 0) is 54.4 Å². The minimum atomic E-state index is -0.949. The second kappa shape index (κ2) is 11.4. The first-order valence-corrected chi connectivity index (χ1v) is 11.8. The van der Waals surface area contributed by atoms with Gasteiger partial charge in [-0.3, -0.25) is 9.59 Å². The number of rotatable bonds is 11. The summed E-state index contributed by atoms with van der Waals surface area (Å²) in [5.74, 6) is 0.408. The molecule has 2 aromatic heterocycles. The zero-order valence-electron chi connectivity index (χ0n) is 20.2. The maximum Gasteiger partial charge on any atom is 0.305 e. The Kier molecular flexibility index (Phi) is 7.85. The number of benzene rings is 2. The van der Waals surface area contributed by atoms with E-state index >= 15 is 0 Å². The van der Waals surface area contributed by atoms with Crippen molar-refractivity contribution in [3.63, 3.8) is 0 Å². The molecule has 3 N–H and O–H groups in total. The highest BCUT2D eigenvalue weighted by Crippen LogP contribution is 2.27. The Morgan fingerprint density at radius 3 is 2.50 bits per heavy atom.